The first kappa shape index (κ1) is 21.5. The van der Waals surface area contributed by atoms with E-state index in [1.54, 1.807) is 6.92 Å². The van der Waals surface area contributed by atoms with Crippen LogP contribution in [-0.2, 0) is 11.3 Å². The summed E-state index contributed by atoms with van der Waals surface area (Å²) in [5.41, 5.74) is 5.95. The first-order chi connectivity index (χ1) is 16.4. The van der Waals surface area contributed by atoms with Crippen molar-refractivity contribution in [2.24, 2.45) is 5.92 Å². The molecule has 1 aliphatic carbocycles. The van der Waals surface area contributed by atoms with Gasteiger partial charge in [-0.1, -0.05) is 5.16 Å². The van der Waals surface area contributed by atoms with Crippen molar-refractivity contribution in [3.63, 3.8) is 0 Å². The molecule has 4 aromatic rings. The highest BCUT2D eigenvalue weighted by atomic mass is 19.1. The summed E-state index contributed by atoms with van der Waals surface area (Å²) in [6, 6.07) is 2.49. The Morgan fingerprint density at radius 1 is 1.12 bits per heavy atom. The molecule has 1 saturated heterocycles. The highest BCUT2D eigenvalue weighted by molar-refractivity contribution is 5.94. The SMILES string of the molecule is Cc1noc(C)c1-c1cnc2c(-c3cnn(C4COC4)c3)cn(CC3CCC(C)(F)CC3)c2c1. The molecule has 1 aliphatic heterocycles. The quantitative estimate of drug-likeness (QED) is 0.382. The third-order valence-corrected chi connectivity index (χ3v) is 7.55. The Morgan fingerprint density at radius 3 is 2.59 bits per heavy atom. The predicted octanol–water partition coefficient (Wildman–Crippen LogP) is 5.66. The number of hydrogen-bond donors (Lipinski definition) is 0. The molecular weight excluding hydrogens is 433 g/mol. The lowest BCUT2D eigenvalue weighted by Gasteiger charge is -2.31. The van der Waals surface area contributed by atoms with Gasteiger partial charge >= 0.3 is 0 Å². The standard InChI is InChI=1S/C26H30FN5O2/c1-16-24(17(2)34-30-16)19-8-23-25(28-9-19)22(20-10-29-32(12-20)21-14-33-15-21)13-31(23)11-18-4-6-26(3,27)7-5-18/h8-10,12-13,18,21H,4-7,11,14-15H2,1-3H3. The van der Waals surface area contributed by atoms with Gasteiger partial charge in [0.2, 0.25) is 0 Å². The van der Waals surface area contributed by atoms with Crippen LogP contribution in [-0.4, -0.2) is 43.4 Å². The number of aromatic nitrogens is 5. The molecule has 1 saturated carbocycles. The molecule has 0 spiro atoms. The number of fused-ring (bicyclic) bond motifs is 1. The zero-order valence-corrected chi connectivity index (χ0v) is 19.9. The summed E-state index contributed by atoms with van der Waals surface area (Å²) in [4.78, 5) is 4.91. The molecule has 0 N–H and O–H groups in total. The van der Waals surface area contributed by atoms with Crippen LogP contribution < -0.4 is 0 Å². The fraction of sp³-hybridized carbons (Fsp3) is 0.500. The van der Waals surface area contributed by atoms with Gasteiger partial charge in [-0.15, -0.1) is 0 Å². The molecule has 0 unspecified atom stereocenters. The Hall–Kier alpha value is -3.00. The minimum absolute atomic E-state index is 0.304. The van der Waals surface area contributed by atoms with E-state index < -0.39 is 5.67 Å². The van der Waals surface area contributed by atoms with Gasteiger partial charge in [0.05, 0.1) is 42.2 Å². The van der Waals surface area contributed by atoms with Gasteiger partial charge in [-0.3, -0.25) is 9.67 Å². The second kappa shape index (κ2) is 8.05. The summed E-state index contributed by atoms with van der Waals surface area (Å²) in [6.45, 7) is 7.88. The van der Waals surface area contributed by atoms with Gasteiger partial charge in [0.1, 0.15) is 11.4 Å². The monoisotopic (exact) mass is 463 g/mol. The Morgan fingerprint density at radius 2 is 1.91 bits per heavy atom. The summed E-state index contributed by atoms with van der Waals surface area (Å²) in [5, 5.41) is 8.70. The van der Waals surface area contributed by atoms with Crippen LogP contribution in [0.25, 0.3) is 33.3 Å². The molecule has 34 heavy (non-hydrogen) atoms. The second-order valence-electron chi connectivity index (χ2n) is 10.2. The molecule has 8 heteroatoms. The van der Waals surface area contributed by atoms with E-state index in [4.69, 9.17) is 14.2 Å². The number of pyridine rings is 1. The fourth-order valence-electron chi connectivity index (χ4n) is 5.35. The minimum atomic E-state index is -1.03. The average molecular weight is 464 g/mol. The molecule has 2 aliphatic rings. The first-order valence-electron chi connectivity index (χ1n) is 12.1. The van der Waals surface area contributed by atoms with Gasteiger partial charge in [-0.25, -0.2) is 4.39 Å². The van der Waals surface area contributed by atoms with E-state index in [9.17, 15) is 4.39 Å². The highest BCUT2D eigenvalue weighted by Crippen LogP contribution is 2.38. The lowest BCUT2D eigenvalue weighted by atomic mass is 9.81. The van der Waals surface area contributed by atoms with Gasteiger partial charge in [0.25, 0.3) is 0 Å². The lowest BCUT2D eigenvalue weighted by molar-refractivity contribution is -0.0286. The fourth-order valence-corrected chi connectivity index (χ4v) is 5.35. The number of rotatable bonds is 5. The van der Waals surface area contributed by atoms with E-state index in [1.807, 2.05) is 30.9 Å². The molecule has 0 amide bonds. The average Bonchev–Trinajstić information content (AvgIpc) is 3.46. The Bertz CT molecular complexity index is 1320. The molecule has 178 valence electrons. The predicted molar refractivity (Wildman–Crippen MR) is 127 cm³/mol. The van der Waals surface area contributed by atoms with E-state index in [0.29, 0.717) is 38.0 Å². The topological polar surface area (TPSA) is 70.9 Å². The number of nitrogens with zero attached hydrogens (tertiary/aromatic N) is 5. The zero-order chi connectivity index (χ0) is 23.4. The number of hydrogen-bond acceptors (Lipinski definition) is 5. The van der Waals surface area contributed by atoms with Crippen LogP contribution in [0.3, 0.4) is 0 Å². The summed E-state index contributed by atoms with van der Waals surface area (Å²) < 4.78 is 29.4. The van der Waals surface area contributed by atoms with Crippen LogP contribution in [0.4, 0.5) is 4.39 Å². The maximum atomic E-state index is 14.4. The largest absolute Gasteiger partial charge is 0.377 e. The highest BCUT2D eigenvalue weighted by Gasteiger charge is 2.31. The maximum Gasteiger partial charge on any atom is 0.141 e. The summed E-state index contributed by atoms with van der Waals surface area (Å²) >= 11 is 0. The third kappa shape index (κ3) is 3.74. The molecular formula is C26H30FN5O2. The Labute approximate surface area is 197 Å². The van der Waals surface area contributed by atoms with Gasteiger partial charge in [0.15, 0.2) is 0 Å². The molecule has 0 radical (unpaired) electrons. The molecule has 6 rings (SSSR count). The van der Waals surface area contributed by atoms with Crippen molar-refractivity contribution in [1.82, 2.24) is 24.5 Å². The van der Waals surface area contributed by atoms with Gasteiger partial charge in [0, 0.05) is 47.4 Å². The summed E-state index contributed by atoms with van der Waals surface area (Å²) in [7, 11) is 0. The molecule has 0 atom stereocenters. The van der Waals surface area contributed by atoms with Crippen molar-refractivity contribution in [1.29, 1.82) is 0 Å². The summed E-state index contributed by atoms with van der Waals surface area (Å²) in [5.74, 6) is 1.24. The molecule has 2 fully saturated rings. The smallest absolute Gasteiger partial charge is 0.141 e. The van der Waals surface area contributed by atoms with Crippen LogP contribution >= 0.6 is 0 Å². The van der Waals surface area contributed by atoms with Gasteiger partial charge in [-0.2, -0.15) is 5.10 Å². The number of ether oxygens (including phenoxy) is 1. The second-order valence-corrected chi connectivity index (χ2v) is 10.2. The van der Waals surface area contributed by atoms with Gasteiger partial charge < -0.3 is 13.8 Å². The van der Waals surface area contributed by atoms with E-state index in [0.717, 1.165) is 64.1 Å². The zero-order valence-electron chi connectivity index (χ0n) is 19.9. The molecule has 0 bridgehead atoms. The van der Waals surface area contributed by atoms with E-state index in [1.165, 1.54) is 0 Å². The number of halogens is 1. The van der Waals surface area contributed by atoms with Gasteiger partial charge in [-0.05, 0) is 58.4 Å². The van der Waals surface area contributed by atoms with Crippen LogP contribution in [0.15, 0.2) is 35.4 Å². The molecule has 0 aromatic carbocycles. The van der Waals surface area contributed by atoms with Crippen molar-refractivity contribution in [3.05, 3.63) is 42.3 Å². The molecule has 7 nitrogen and oxygen atoms in total. The lowest BCUT2D eigenvalue weighted by Crippen LogP contribution is -2.30. The number of aryl methyl sites for hydroxylation is 2. The van der Waals surface area contributed by atoms with Crippen molar-refractivity contribution < 1.29 is 13.7 Å². The molecule has 5 heterocycles. The Balaban J connectivity index is 1.41. The van der Waals surface area contributed by atoms with E-state index in [2.05, 4.69) is 33.3 Å². The Kier molecular flexibility index (Phi) is 5.09. The number of alkyl halides is 1. The van der Waals surface area contributed by atoms with Crippen molar-refractivity contribution in [2.45, 2.75) is 64.7 Å². The van der Waals surface area contributed by atoms with Crippen LogP contribution in [0.5, 0.6) is 0 Å². The normalized spacial score (nSPS) is 23.5. The first-order valence-corrected chi connectivity index (χ1v) is 12.1. The maximum absolute atomic E-state index is 14.4. The van der Waals surface area contributed by atoms with E-state index in [-0.39, 0.29) is 0 Å². The van der Waals surface area contributed by atoms with Crippen LogP contribution in [0.1, 0.15) is 50.1 Å². The minimum Gasteiger partial charge on any atom is -0.377 e. The third-order valence-electron chi connectivity index (χ3n) is 7.55. The van der Waals surface area contributed by atoms with Crippen molar-refractivity contribution >= 4 is 11.0 Å². The van der Waals surface area contributed by atoms with E-state index >= 15 is 0 Å². The van der Waals surface area contributed by atoms with Crippen LogP contribution in [0, 0.1) is 19.8 Å². The van der Waals surface area contributed by atoms with Crippen LogP contribution in [0.2, 0.25) is 0 Å². The van der Waals surface area contributed by atoms with Crippen molar-refractivity contribution in [2.75, 3.05) is 13.2 Å². The van der Waals surface area contributed by atoms with Crippen molar-refractivity contribution in [3.8, 4) is 22.3 Å². The molecule has 4 aromatic heterocycles. The summed E-state index contributed by atoms with van der Waals surface area (Å²) in [6.07, 6.45) is 11.2.